The van der Waals surface area contributed by atoms with Gasteiger partial charge in [0.15, 0.2) is 0 Å². The van der Waals surface area contributed by atoms with Crippen LogP contribution >= 0.6 is 0 Å². The summed E-state index contributed by atoms with van der Waals surface area (Å²) in [6.45, 7) is 5.76. The molecule has 3 aliphatic rings. The number of hydrogen-bond donors (Lipinski definition) is 1. The number of carbonyl (C=O) groups excluding carboxylic acids is 1. The van der Waals surface area contributed by atoms with Gasteiger partial charge in [0.05, 0.1) is 0 Å². The van der Waals surface area contributed by atoms with Crippen LogP contribution in [0.2, 0.25) is 0 Å². The van der Waals surface area contributed by atoms with E-state index in [2.05, 4.69) is 36.1 Å². The van der Waals surface area contributed by atoms with Crippen LogP contribution in [0.1, 0.15) is 50.2 Å². The van der Waals surface area contributed by atoms with Gasteiger partial charge in [-0.1, -0.05) is 31.2 Å². The summed E-state index contributed by atoms with van der Waals surface area (Å²) >= 11 is 0. The van der Waals surface area contributed by atoms with Gasteiger partial charge in [0.2, 0.25) is 5.91 Å². The average Bonchev–Trinajstić information content (AvgIpc) is 3.45. The van der Waals surface area contributed by atoms with Crippen LogP contribution in [-0.4, -0.2) is 52.5 Å². The zero-order valence-electron chi connectivity index (χ0n) is 16.2. The summed E-state index contributed by atoms with van der Waals surface area (Å²) < 4.78 is 0. The SMILES string of the molecule is CCc1ccccc1CN1CCC2(CC1)C[C@H](C(=O)O)N(C(=O)C1CC1)C2. The molecule has 1 aliphatic carbocycles. The maximum Gasteiger partial charge on any atom is 0.326 e. The number of aryl methyl sites for hydroxylation is 1. The second kappa shape index (κ2) is 7.27. The first-order valence-corrected chi connectivity index (χ1v) is 10.3. The van der Waals surface area contributed by atoms with Crippen molar-refractivity contribution in [2.75, 3.05) is 19.6 Å². The van der Waals surface area contributed by atoms with Crippen molar-refractivity contribution in [3.05, 3.63) is 35.4 Å². The quantitative estimate of drug-likeness (QED) is 0.866. The third-order valence-electron chi connectivity index (χ3n) is 6.81. The molecule has 5 nitrogen and oxygen atoms in total. The molecule has 4 rings (SSSR count). The van der Waals surface area contributed by atoms with Crippen molar-refractivity contribution in [3.63, 3.8) is 0 Å². The van der Waals surface area contributed by atoms with Gasteiger partial charge in [-0.25, -0.2) is 4.79 Å². The number of rotatable bonds is 5. The van der Waals surface area contributed by atoms with Crippen LogP contribution in [0.5, 0.6) is 0 Å². The molecule has 27 heavy (non-hydrogen) atoms. The van der Waals surface area contributed by atoms with Crippen LogP contribution in [0.25, 0.3) is 0 Å². The Bertz CT molecular complexity index is 720. The fourth-order valence-electron chi connectivity index (χ4n) is 4.92. The highest BCUT2D eigenvalue weighted by atomic mass is 16.4. The Morgan fingerprint density at radius 1 is 1.15 bits per heavy atom. The zero-order chi connectivity index (χ0) is 19.0. The standard InChI is InChI=1S/C22H30N2O3/c1-2-16-5-3-4-6-18(16)14-23-11-9-22(10-12-23)13-19(21(26)27)24(15-22)20(25)17-7-8-17/h3-6,17,19H,2,7-15H2,1H3,(H,26,27)/t19-/m1/s1. The fourth-order valence-corrected chi connectivity index (χ4v) is 4.92. The van der Waals surface area contributed by atoms with Gasteiger partial charge in [0.25, 0.3) is 0 Å². The Hall–Kier alpha value is -1.88. The molecule has 146 valence electrons. The molecule has 1 saturated carbocycles. The molecule has 1 amide bonds. The van der Waals surface area contributed by atoms with E-state index in [1.807, 2.05) is 0 Å². The monoisotopic (exact) mass is 370 g/mol. The smallest absolute Gasteiger partial charge is 0.326 e. The largest absolute Gasteiger partial charge is 0.480 e. The van der Waals surface area contributed by atoms with Gasteiger partial charge >= 0.3 is 5.97 Å². The second-order valence-corrected chi connectivity index (χ2v) is 8.70. The molecular formula is C22H30N2O3. The van der Waals surface area contributed by atoms with E-state index >= 15 is 0 Å². The normalized spacial score (nSPS) is 25.1. The first kappa shape index (κ1) is 18.5. The van der Waals surface area contributed by atoms with Gasteiger partial charge in [-0.3, -0.25) is 9.69 Å². The number of piperidine rings is 1. The number of carboxylic acids is 1. The number of nitrogens with zero attached hydrogens (tertiary/aromatic N) is 2. The van der Waals surface area contributed by atoms with E-state index in [0.29, 0.717) is 13.0 Å². The highest BCUT2D eigenvalue weighted by Crippen LogP contribution is 2.45. The molecule has 2 heterocycles. The predicted molar refractivity (Wildman–Crippen MR) is 103 cm³/mol. The van der Waals surface area contributed by atoms with Crippen molar-refractivity contribution in [2.45, 2.75) is 58.0 Å². The van der Waals surface area contributed by atoms with E-state index in [0.717, 1.165) is 51.7 Å². The number of carboxylic acid groups (broad SMARTS) is 1. The lowest BCUT2D eigenvalue weighted by Crippen LogP contribution is -2.43. The number of likely N-dealkylation sites (tertiary alicyclic amines) is 2. The van der Waals surface area contributed by atoms with E-state index in [-0.39, 0.29) is 17.2 Å². The molecule has 3 fully saturated rings. The molecular weight excluding hydrogens is 340 g/mol. The van der Waals surface area contributed by atoms with Gasteiger partial charge in [-0.05, 0) is 68.2 Å². The van der Waals surface area contributed by atoms with Crippen molar-refractivity contribution < 1.29 is 14.7 Å². The van der Waals surface area contributed by atoms with Crippen molar-refractivity contribution in [1.82, 2.24) is 9.80 Å². The first-order chi connectivity index (χ1) is 13.0. The van der Waals surface area contributed by atoms with Crippen molar-refractivity contribution in [3.8, 4) is 0 Å². The summed E-state index contributed by atoms with van der Waals surface area (Å²) in [6.07, 6.45) is 5.50. The Morgan fingerprint density at radius 2 is 1.81 bits per heavy atom. The zero-order valence-corrected chi connectivity index (χ0v) is 16.2. The molecule has 1 aromatic rings. The van der Waals surface area contributed by atoms with E-state index in [9.17, 15) is 14.7 Å². The Morgan fingerprint density at radius 3 is 2.41 bits per heavy atom. The summed E-state index contributed by atoms with van der Waals surface area (Å²) in [5.74, 6) is -0.661. The Kier molecular flexibility index (Phi) is 4.97. The minimum absolute atomic E-state index is 0.00557. The van der Waals surface area contributed by atoms with Crippen LogP contribution in [0.4, 0.5) is 0 Å². The summed E-state index contributed by atoms with van der Waals surface area (Å²) in [4.78, 5) is 28.5. The Labute approximate surface area is 161 Å². The molecule has 1 atom stereocenters. The number of aliphatic carboxylic acids is 1. The molecule has 5 heteroatoms. The van der Waals surface area contributed by atoms with E-state index in [1.165, 1.54) is 11.1 Å². The van der Waals surface area contributed by atoms with Gasteiger partial charge in [0, 0.05) is 19.0 Å². The van der Waals surface area contributed by atoms with Crippen molar-refractivity contribution >= 4 is 11.9 Å². The average molecular weight is 370 g/mol. The Balaban J connectivity index is 1.40. The van der Waals surface area contributed by atoms with Crippen LogP contribution in [0, 0.1) is 11.3 Å². The molecule has 2 aliphatic heterocycles. The first-order valence-electron chi connectivity index (χ1n) is 10.3. The van der Waals surface area contributed by atoms with Crippen LogP contribution in [0.3, 0.4) is 0 Å². The van der Waals surface area contributed by atoms with Gasteiger partial charge < -0.3 is 10.0 Å². The van der Waals surface area contributed by atoms with Crippen molar-refractivity contribution in [2.24, 2.45) is 11.3 Å². The predicted octanol–water partition coefficient (Wildman–Crippen LogP) is 2.93. The second-order valence-electron chi connectivity index (χ2n) is 8.70. The van der Waals surface area contributed by atoms with Gasteiger partial charge in [-0.15, -0.1) is 0 Å². The lowest BCUT2D eigenvalue weighted by molar-refractivity contribution is -0.148. The topological polar surface area (TPSA) is 60.9 Å². The number of amides is 1. The highest BCUT2D eigenvalue weighted by molar-refractivity contribution is 5.87. The summed E-state index contributed by atoms with van der Waals surface area (Å²) in [6, 6.07) is 8.01. The number of benzene rings is 1. The summed E-state index contributed by atoms with van der Waals surface area (Å²) in [7, 11) is 0. The highest BCUT2D eigenvalue weighted by Gasteiger charge is 2.51. The minimum Gasteiger partial charge on any atom is -0.480 e. The van der Waals surface area contributed by atoms with E-state index < -0.39 is 12.0 Å². The van der Waals surface area contributed by atoms with Gasteiger partial charge in [-0.2, -0.15) is 0 Å². The van der Waals surface area contributed by atoms with Gasteiger partial charge in [0.1, 0.15) is 6.04 Å². The lowest BCUT2D eigenvalue weighted by atomic mass is 9.76. The lowest BCUT2D eigenvalue weighted by Gasteiger charge is -2.39. The minimum atomic E-state index is -0.833. The van der Waals surface area contributed by atoms with Crippen LogP contribution < -0.4 is 0 Å². The third-order valence-corrected chi connectivity index (χ3v) is 6.81. The molecule has 0 radical (unpaired) electrons. The molecule has 1 aromatic carbocycles. The van der Waals surface area contributed by atoms with Crippen molar-refractivity contribution in [1.29, 1.82) is 0 Å². The molecule has 0 unspecified atom stereocenters. The molecule has 1 N–H and O–H groups in total. The van der Waals surface area contributed by atoms with Crippen LogP contribution in [0.15, 0.2) is 24.3 Å². The van der Waals surface area contributed by atoms with Crippen LogP contribution in [-0.2, 0) is 22.6 Å². The molecule has 2 saturated heterocycles. The maximum atomic E-state index is 12.6. The molecule has 0 aromatic heterocycles. The summed E-state index contributed by atoms with van der Waals surface area (Å²) in [5, 5.41) is 9.65. The number of carbonyl (C=O) groups is 2. The summed E-state index contributed by atoms with van der Waals surface area (Å²) in [5.41, 5.74) is 2.80. The molecule has 1 spiro atoms. The number of hydrogen-bond acceptors (Lipinski definition) is 3. The molecule has 0 bridgehead atoms. The van der Waals surface area contributed by atoms with E-state index in [1.54, 1.807) is 4.90 Å². The maximum absolute atomic E-state index is 12.6. The van der Waals surface area contributed by atoms with E-state index in [4.69, 9.17) is 0 Å². The third kappa shape index (κ3) is 3.75. The fraction of sp³-hybridized carbons (Fsp3) is 0.636.